The van der Waals surface area contributed by atoms with Crippen molar-refractivity contribution in [1.82, 2.24) is 0 Å². The molecule has 1 aromatic rings. The molecule has 0 aromatic heterocycles. The van der Waals surface area contributed by atoms with Gasteiger partial charge in [-0.25, -0.2) is 0 Å². The monoisotopic (exact) mass is 276 g/mol. The Morgan fingerprint density at radius 1 is 1.32 bits per heavy atom. The lowest BCUT2D eigenvalue weighted by Gasteiger charge is -2.14. The van der Waals surface area contributed by atoms with Crippen molar-refractivity contribution in [1.29, 1.82) is 5.26 Å². The maximum Gasteiger partial charge on any atom is 0.416 e. The van der Waals surface area contributed by atoms with Gasteiger partial charge in [0.2, 0.25) is 0 Å². The third kappa shape index (κ3) is 3.40. The van der Waals surface area contributed by atoms with Crippen molar-refractivity contribution in [3.8, 4) is 6.07 Å². The minimum atomic E-state index is -4.85. The van der Waals surface area contributed by atoms with Crippen LogP contribution in [0.3, 0.4) is 0 Å². The Hall–Kier alpha value is -2.18. The van der Waals surface area contributed by atoms with E-state index in [0.717, 1.165) is 0 Å². The molecule has 0 amide bonds. The molecule has 2 unspecified atom stereocenters. The van der Waals surface area contributed by atoms with Crippen LogP contribution in [0, 0.1) is 21.4 Å². The summed E-state index contributed by atoms with van der Waals surface area (Å²) in [5.41, 5.74) is -2.80. The van der Waals surface area contributed by atoms with E-state index in [4.69, 9.17) is 10.4 Å². The van der Waals surface area contributed by atoms with E-state index < -0.39 is 40.1 Å². The van der Waals surface area contributed by atoms with Crippen LogP contribution in [0.5, 0.6) is 0 Å². The minimum Gasteiger partial charge on any atom is -0.385 e. The summed E-state index contributed by atoms with van der Waals surface area (Å²) < 4.78 is 37.6. The van der Waals surface area contributed by atoms with Crippen LogP contribution in [0.25, 0.3) is 0 Å². The largest absolute Gasteiger partial charge is 0.416 e. The number of hydrogen-bond acceptors (Lipinski definition) is 5. The fraction of sp³-hybridized carbons (Fsp3) is 0.300. The van der Waals surface area contributed by atoms with Gasteiger partial charge < -0.3 is 10.2 Å². The fourth-order valence-corrected chi connectivity index (χ4v) is 1.33. The van der Waals surface area contributed by atoms with Gasteiger partial charge in [-0.15, -0.1) is 0 Å². The van der Waals surface area contributed by atoms with Crippen molar-refractivity contribution in [3.05, 3.63) is 39.4 Å². The van der Waals surface area contributed by atoms with Crippen LogP contribution in [0.2, 0.25) is 0 Å². The average Bonchev–Trinajstić information content (AvgIpc) is 2.35. The molecule has 1 aromatic carbocycles. The molecule has 0 fully saturated rings. The number of nitrogens with zero attached hydrogens (tertiary/aromatic N) is 2. The first kappa shape index (κ1) is 14.9. The molecule has 0 aliphatic rings. The molecule has 1 rings (SSSR count). The van der Waals surface area contributed by atoms with Crippen molar-refractivity contribution in [2.24, 2.45) is 0 Å². The van der Waals surface area contributed by atoms with Crippen LogP contribution in [0.4, 0.5) is 18.9 Å². The first-order valence-electron chi connectivity index (χ1n) is 4.79. The molecule has 2 N–H and O–H groups in total. The van der Waals surface area contributed by atoms with E-state index in [1.807, 2.05) is 0 Å². The topological polar surface area (TPSA) is 107 Å². The second-order valence-electron chi connectivity index (χ2n) is 3.59. The van der Waals surface area contributed by atoms with Gasteiger partial charge in [0, 0.05) is 12.1 Å². The molecular formula is C10H7F3N2O4. The Morgan fingerprint density at radius 2 is 1.89 bits per heavy atom. The summed E-state index contributed by atoms with van der Waals surface area (Å²) in [5.74, 6) is 0. The predicted octanol–water partition coefficient (Wildman–Crippen LogP) is 1.53. The highest BCUT2D eigenvalue weighted by atomic mass is 19.4. The number of hydrogen-bond donors (Lipinski definition) is 2. The van der Waals surface area contributed by atoms with Gasteiger partial charge in [0.1, 0.15) is 6.10 Å². The number of aliphatic hydroxyl groups is 2. The van der Waals surface area contributed by atoms with Crippen LogP contribution in [-0.4, -0.2) is 21.2 Å². The lowest BCUT2D eigenvalue weighted by atomic mass is 10.0. The molecule has 0 aliphatic heterocycles. The Kier molecular flexibility index (Phi) is 4.08. The highest BCUT2D eigenvalue weighted by Gasteiger charge is 2.34. The van der Waals surface area contributed by atoms with Gasteiger partial charge >= 0.3 is 6.18 Å². The third-order valence-electron chi connectivity index (χ3n) is 2.25. The van der Waals surface area contributed by atoms with Crippen molar-refractivity contribution in [3.63, 3.8) is 0 Å². The molecule has 0 heterocycles. The second kappa shape index (κ2) is 5.21. The number of nitriles is 1. The lowest BCUT2D eigenvalue weighted by molar-refractivity contribution is -0.385. The number of halogens is 3. The zero-order valence-corrected chi connectivity index (χ0v) is 9.13. The number of nitro groups is 1. The molecule has 6 nitrogen and oxygen atoms in total. The van der Waals surface area contributed by atoms with Gasteiger partial charge in [-0.1, -0.05) is 0 Å². The molecule has 0 saturated heterocycles. The van der Waals surface area contributed by atoms with Crippen LogP contribution in [0.1, 0.15) is 17.2 Å². The van der Waals surface area contributed by atoms with Crippen LogP contribution >= 0.6 is 0 Å². The number of alkyl halides is 3. The molecule has 19 heavy (non-hydrogen) atoms. The summed E-state index contributed by atoms with van der Waals surface area (Å²) in [6.07, 6.45) is -8.80. The summed E-state index contributed by atoms with van der Waals surface area (Å²) in [4.78, 5) is 9.46. The van der Waals surface area contributed by atoms with Gasteiger partial charge in [-0.2, -0.15) is 18.4 Å². The first-order valence-corrected chi connectivity index (χ1v) is 4.79. The molecular weight excluding hydrogens is 269 g/mol. The van der Waals surface area contributed by atoms with Crippen LogP contribution in [0.15, 0.2) is 18.2 Å². The molecule has 0 aliphatic carbocycles. The predicted molar refractivity (Wildman–Crippen MR) is 54.7 cm³/mol. The SMILES string of the molecule is N#CC(O)C(O)c1cc([N+](=O)[O-])cc(C(F)(F)F)c1. The number of non-ortho nitro benzene ring substituents is 1. The van der Waals surface area contributed by atoms with E-state index in [-0.39, 0.29) is 0 Å². The van der Waals surface area contributed by atoms with Crippen molar-refractivity contribution >= 4 is 5.69 Å². The maximum absolute atomic E-state index is 12.5. The standard InChI is InChI=1S/C10H7F3N2O4/c11-10(12,13)6-1-5(9(17)8(16)4-14)2-7(3-6)15(18)19/h1-3,8-9,16-17H. The van der Waals surface area contributed by atoms with E-state index in [1.54, 1.807) is 0 Å². The smallest absolute Gasteiger partial charge is 0.385 e. The molecule has 0 bridgehead atoms. The average molecular weight is 276 g/mol. The molecule has 0 saturated carbocycles. The minimum absolute atomic E-state index is 0.301. The molecule has 0 radical (unpaired) electrons. The van der Waals surface area contributed by atoms with Gasteiger partial charge in [-0.3, -0.25) is 10.1 Å². The van der Waals surface area contributed by atoms with E-state index in [2.05, 4.69) is 0 Å². The van der Waals surface area contributed by atoms with E-state index in [0.29, 0.717) is 18.2 Å². The fourth-order valence-electron chi connectivity index (χ4n) is 1.33. The number of aliphatic hydroxyl groups excluding tert-OH is 2. The van der Waals surface area contributed by atoms with Gasteiger partial charge in [0.15, 0.2) is 6.10 Å². The quantitative estimate of drug-likeness (QED) is 0.494. The molecule has 102 valence electrons. The summed E-state index contributed by atoms with van der Waals surface area (Å²) in [6, 6.07) is 2.63. The highest BCUT2D eigenvalue weighted by Crippen LogP contribution is 2.34. The van der Waals surface area contributed by atoms with E-state index in [9.17, 15) is 28.4 Å². The van der Waals surface area contributed by atoms with E-state index >= 15 is 0 Å². The van der Waals surface area contributed by atoms with Gasteiger partial charge in [-0.05, 0) is 11.6 Å². The Morgan fingerprint density at radius 3 is 2.32 bits per heavy atom. The zero-order valence-electron chi connectivity index (χ0n) is 9.13. The summed E-state index contributed by atoms with van der Waals surface area (Å²) in [6.45, 7) is 0. The van der Waals surface area contributed by atoms with E-state index in [1.165, 1.54) is 6.07 Å². The number of nitro benzene ring substituents is 1. The third-order valence-corrected chi connectivity index (χ3v) is 2.25. The molecule has 9 heteroatoms. The summed E-state index contributed by atoms with van der Waals surface area (Å²) in [7, 11) is 0. The van der Waals surface area contributed by atoms with Crippen molar-refractivity contribution in [2.45, 2.75) is 18.4 Å². The summed E-state index contributed by atoms with van der Waals surface area (Å²) >= 11 is 0. The number of benzene rings is 1. The Labute approximate surface area is 104 Å². The summed E-state index contributed by atoms with van der Waals surface area (Å²) in [5, 5.41) is 37.3. The van der Waals surface area contributed by atoms with Crippen LogP contribution < -0.4 is 0 Å². The van der Waals surface area contributed by atoms with Crippen molar-refractivity contribution < 1.29 is 28.3 Å². The first-order chi connectivity index (χ1) is 8.66. The van der Waals surface area contributed by atoms with Gasteiger partial charge in [0.05, 0.1) is 16.6 Å². The highest BCUT2D eigenvalue weighted by molar-refractivity contribution is 5.42. The molecule has 2 atom stereocenters. The lowest BCUT2D eigenvalue weighted by Crippen LogP contribution is -2.17. The Bertz CT molecular complexity index is 539. The second-order valence-corrected chi connectivity index (χ2v) is 3.59. The molecule has 0 spiro atoms. The van der Waals surface area contributed by atoms with Gasteiger partial charge in [0.25, 0.3) is 5.69 Å². The normalized spacial score (nSPS) is 14.5. The number of rotatable bonds is 3. The zero-order chi connectivity index (χ0) is 14.8. The van der Waals surface area contributed by atoms with Crippen molar-refractivity contribution in [2.75, 3.05) is 0 Å². The maximum atomic E-state index is 12.5. The van der Waals surface area contributed by atoms with Crippen LogP contribution in [-0.2, 0) is 6.18 Å². The Balaban J connectivity index is 3.37.